The molecule has 5 rings (SSSR count). The molecule has 2 aromatic carbocycles. The average Bonchev–Trinajstić information content (AvgIpc) is 3.24. The van der Waals surface area contributed by atoms with Crippen molar-refractivity contribution in [1.29, 1.82) is 0 Å². The fourth-order valence-corrected chi connectivity index (χ4v) is 5.63. The Bertz CT molecular complexity index is 1050. The molecule has 2 saturated heterocycles. The Morgan fingerprint density at radius 1 is 1.20 bits per heavy atom. The van der Waals surface area contributed by atoms with E-state index in [0.29, 0.717) is 34.6 Å². The Morgan fingerprint density at radius 2 is 1.93 bits per heavy atom. The quantitative estimate of drug-likeness (QED) is 0.634. The van der Waals surface area contributed by atoms with Gasteiger partial charge in [0.2, 0.25) is 5.91 Å². The lowest BCUT2D eigenvalue weighted by atomic mass is 9.97. The van der Waals surface area contributed by atoms with Crippen molar-refractivity contribution in [2.24, 2.45) is 0 Å². The summed E-state index contributed by atoms with van der Waals surface area (Å²) in [5.74, 6) is 0.636. The maximum absolute atomic E-state index is 13.3. The van der Waals surface area contributed by atoms with Crippen LogP contribution < -0.4 is 10.1 Å². The number of rotatable bonds is 5. The molecule has 0 spiro atoms. The summed E-state index contributed by atoms with van der Waals surface area (Å²) >= 11 is 1.40. The molecule has 0 saturated carbocycles. The molecule has 5 nitrogen and oxygen atoms in total. The average molecular weight is 426 g/mol. The number of nitrogens with one attached hydrogen (secondary N) is 1. The summed E-state index contributed by atoms with van der Waals surface area (Å²) in [6, 6.07) is 13.8. The molecule has 2 fully saturated rings. The number of carbonyl (C=O) groups excluding carboxylic acids is 1. The number of fused-ring (bicyclic) bond motifs is 3. The molecule has 156 valence electrons. The summed E-state index contributed by atoms with van der Waals surface area (Å²) in [6.45, 7) is 2.49. The fourth-order valence-electron chi connectivity index (χ4n) is 4.82. The van der Waals surface area contributed by atoms with E-state index in [2.05, 4.69) is 27.3 Å². The van der Waals surface area contributed by atoms with Gasteiger partial charge in [-0.25, -0.2) is 9.37 Å². The van der Waals surface area contributed by atoms with Crippen molar-refractivity contribution in [2.75, 3.05) is 0 Å². The van der Waals surface area contributed by atoms with Crippen molar-refractivity contribution in [3.63, 3.8) is 0 Å². The number of hydrogen-bond donors (Lipinski definition) is 1. The van der Waals surface area contributed by atoms with Gasteiger partial charge in [0.15, 0.2) is 0 Å². The minimum atomic E-state index is -0.295. The van der Waals surface area contributed by atoms with Crippen LogP contribution in [0.5, 0.6) is 10.9 Å². The van der Waals surface area contributed by atoms with Crippen molar-refractivity contribution < 1.29 is 13.9 Å². The van der Waals surface area contributed by atoms with Crippen LogP contribution in [0, 0.1) is 5.82 Å². The van der Waals surface area contributed by atoms with E-state index in [0.717, 1.165) is 36.9 Å². The van der Waals surface area contributed by atoms with E-state index in [-0.39, 0.29) is 11.7 Å². The predicted octanol–water partition coefficient (Wildman–Crippen LogP) is 4.86. The number of ether oxygens (including phenoxy) is 1. The second-order valence-electron chi connectivity index (χ2n) is 8.20. The summed E-state index contributed by atoms with van der Waals surface area (Å²) in [4.78, 5) is 18.3. The van der Waals surface area contributed by atoms with E-state index >= 15 is 0 Å². The summed E-state index contributed by atoms with van der Waals surface area (Å²) in [7, 11) is 0. The first-order valence-corrected chi connectivity index (χ1v) is 11.2. The first-order chi connectivity index (χ1) is 14.5. The van der Waals surface area contributed by atoms with Gasteiger partial charge < -0.3 is 15.0 Å². The SMILES string of the molecule is CC(=O)N1[C@@H]2CC[C@@H]1CC(NCc1ccc(Oc3nc4cc(F)ccc4s3)cc1)C2. The summed E-state index contributed by atoms with van der Waals surface area (Å²) < 4.78 is 20.1. The van der Waals surface area contributed by atoms with E-state index in [4.69, 9.17) is 4.74 Å². The molecule has 2 aliphatic rings. The van der Waals surface area contributed by atoms with Crippen LogP contribution in [0.4, 0.5) is 4.39 Å². The van der Waals surface area contributed by atoms with E-state index in [1.807, 2.05) is 12.1 Å². The van der Waals surface area contributed by atoms with Crippen molar-refractivity contribution in [3.05, 3.63) is 53.8 Å². The highest BCUT2D eigenvalue weighted by molar-refractivity contribution is 7.20. The van der Waals surface area contributed by atoms with Crippen LogP contribution in [0.2, 0.25) is 0 Å². The molecule has 30 heavy (non-hydrogen) atoms. The molecule has 3 aromatic rings. The zero-order valence-electron chi connectivity index (χ0n) is 16.8. The number of aromatic nitrogens is 1. The number of thiazole rings is 1. The highest BCUT2D eigenvalue weighted by Crippen LogP contribution is 2.36. The summed E-state index contributed by atoms with van der Waals surface area (Å²) in [6.07, 6.45) is 4.34. The van der Waals surface area contributed by atoms with Gasteiger partial charge in [-0.3, -0.25) is 4.79 Å². The fraction of sp³-hybridized carbons (Fsp3) is 0.391. The maximum atomic E-state index is 13.3. The van der Waals surface area contributed by atoms with Gasteiger partial charge in [-0.15, -0.1) is 0 Å². The molecule has 2 aliphatic heterocycles. The Labute approximate surface area is 178 Å². The summed E-state index contributed by atoms with van der Waals surface area (Å²) in [5.41, 5.74) is 1.80. The highest BCUT2D eigenvalue weighted by atomic mass is 32.1. The second kappa shape index (κ2) is 7.96. The van der Waals surface area contributed by atoms with Crippen molar-refractivity contribution >= 4 is 27.5 Å². The van der Waals surface area contributed by atoms with Gasteiger partial charge in [-0.2, -0.15) is 0 Å². The molecule has 7 heteroatoms. The van der Waals surface area contributed by atoms with E-state index in [1.54, 1.807) is 13.0 Å². The van der Waals surface area contributed by atoms with Crippen molar-refractivity contribution in [1.82, 2.24) is 15.2 Å². The molecule has 3 heterocycles. The molecule has 2 atom stereocenters. The number of benzene rings is 2. The predicted molar refractivity (Wildman–Crippen MR) is 115 cm³/mol. The number of hydrogen-bond acceptors (Lipinski definition) is 5. The minimum Gasteiger partial charge on any atom is -0.431 e. The summed E-state index contributed by atoms with van der Waals surface area (Å²) in [5, 5.41) is 4.17. The molecule has 1 N–H and O–H groups in total. The minimum absolute atomic E-state index is 0.217. The molecule has 0 unspecified atom stereocenters. The van der Waals surface area contributed by atoms with Crippen LogP contribution in [0.3, 0.4) is 0 Å². The first kappa shape index (κ1) is 19.5. The Morgan fingerprint density at radius 3 is 2.63 bits per heavy atom. The van der Waals surface area contributed by atoms with Gasteiger partial charge in [-0.1, -0.05) is 23.5 Å². The number of amides is 1. The van der Waals surface area contributed by atoms with Gasteiger partial charge in [0.05, 0.1) is 10.2 Å². The smallest absolute Gasteiger partial charge is 0.279 e. The van der Waals surface area contributed by atoms with Crippen LogP contribution in [0.25, 0.3) is 10.2 Å². The third kappa shape index (κ3) is 3.91. The second-order valence-corrected chi connectivity index (χ2v) is 9.19. The third-order valence-corrected chi connectivity index (χ3v) is 7.06. The van der Waals surface area contributed by atoms with Gasteiger partial charge in [0.25, 0.3) is 5.19 Å². The van der Waals surface area contributed by atoms with Crippen LogP contribution in [-0.2, 0) is 11.3 Å². The molecule has 0 aliphatic carbocycles. The van der Waals surface area contributed by atoms with Crippen molar-refractivity contribution in [2.45, 2.75) is 57.3 Å². The molecule has 0 radical (unpaired) electrons. The highest BCUT2D eigenvalue weighted by Gasteiger charge is 2.41. The zero-order valence-corrected chi connectivity index (χ0v) is 17.6. The van der Waals surface area contributed by atoms with Gasteiger partial charge in [0, 0.05) is 37.7 Å². The molecule has 2 bridgehead atoms. The lowest BCUT2D eigenvalue weighted by Gasteiger charge is -2.38. The van der Waals surface area contributed by atoms with Crippen LogP contribution in [-0.4, -0.2) is 33.9 Å². The Hall–Kier alpha value is -2.51. The van der Waals surface area contributed by atoms with E-state index < -0.39 is 0 Å². The van der Waals surface area contributed by atoms with Crippen LogP contribution >= 0.6 is 11.3 Å². The van der Waals surface area contributed by atoms with Gasteiger partial charge in [0.1, 0.15) is 11.6 Å². The monoisotopic (exact) mass is 425 g/mol. The third-order valence-electron chi connectivity index (χ3n) is 6.15. The largest absolute Gasteiger partial charge is 0.431 e. The molecular formula is C23H24FN3O2S. The Kier molecular flexibility index (Phi) is 5.16. The topological polar surface area (TPSA) is 54.5 Å². The number of nitrogens with zero attached hydrogens (tertiary/aromatic N) is 2. The number of halogens is 1. The van der Waals surface area contributed by atoms with Crippen LogP contribution in [0.15, 0.2) is 42.5 Å². The number of piperidine rings is 1. The lowest BCUT2D eigenvalue weighted by molar-refractivity contribution is -0.133. The molecule has 1 amide bonds. The van der Waals surface area contributed by atoms with Crippen molar-refractivity contribution in [3.8, 4) is 10.9 Å². The maximum Gasteiger partial charge on any atom is 0.279 e. The van der Waals surface area contributed by atoms with Gasteiger partial charge in [-0.05, 0) is 55.5 Å². The first-order valence-electron chi connectivity index (χ1n) is 10.4. The normalized spacial score (nSPS) is 23.1. The zero-order chi connectivity index (χ0) is 20.7. The standard InChI is InChI=1S/C23H24FN3O2S/c1-14(28)27-18-5-6-19(27)12-17(11-18)25-13-15-2-7-20(8-3-15)29-23-26-21-10-16(24)4-9-22(21)30-23/h2-4,7-10,17-19,25H,5-6,11-13H2,1H3/t18-,19-/m1/s1. The van der Waals surface area contributed by atoms with E-state index in [9.17, 15) is 9.18 Å². The number of carbonyl (C=O) groups is 1. The van der Waals surface area contributed by atoms with E-state index in [1.165, 1.54) is 29.0 Å². The molecular weight excluding hydrogens is 401 g/mol. The van der Waals surface area contributed by atoms with Crippen LogP contribution in [0.1, 0.15) is 38.2 Å². The lowest BCUT2D eigenvalue weighted by Crippen LogP contribution is -2.50. The molecule has 1 aromatic heterocycles. The Balaban J connectivity index is 1.17. The van der Waals surface area contributed by atoms with Gasteiger partial charge >= 0.3 is 0 Å².